The highest BCUT2D eigenvalue weighted by Crippen LogP contribution is 2.18. The summed E-state index contributed by atoms with van der Waals surface area (Å²) in [5.74, 6) is -0.0239. The van der Waals surface area contributed by atoms with Crippen molar-refractivity contribution in [1.82, 2.24) is 5.32 Å². The molecule has 0 unspecified atom stereocenters. The lowest BCUT2D eigenvalue weighted by atomic mass is 10.0. The van der Waals surface area contributed by atoms with E-state index in [0.29, 0.717) is 12.8 Å². The summed E-state index contributed by atoms with van der Waals surface area (Å²) in [6.07, 6.45) is 56.3. The van der Waals surface area contributed by atoms with E-state index in [4.69, 9.17) is 0 Å². The summed E-state index contributed by atoms with van der Waals surface area (Å²) in [5, 5.41) is 23.2. The standard InChI is InChI=1S/C49H99NO3/c1-3-5-7-9-11-13-15-17-19-21-22-23-24-25-26-27-28-29-31-33-35-37-39-41-43-45-49(53)50-47(46-51)48(52)44-42-40-38-36-34-32-30-20-18-16-14-12-10-8-6-4-2/h47-48,51-52H,3-46H2,1-2H3,(H,50,53)/t47-,48+/m0/s1. The molecule has 0 rings (SSSR count). The Morgan fingerprint density at radius 3 is 0.849 bits per heavy atom. The maximum atomic E-state index is 12.4. The van der Waals surface area contributed by atoms with Crippen LogP contribution in [0.5, 0.6) is 0 Å². The lowest BCUT2D eigenvalue weighted by molar-refractivity contribution is -0.123. The Balaban J connectivity index is 3.41. The van der Waals surface area contributed by atoms with Crippen LogP contribution in [0.2, 0.25) is 0 Å². The zero-order valence-electron chi connectivity index (χ0n) is 36.6. The van der Waals surface area contributed by atoms with E-state index in [2.05, 4.69) is 19.2 Å². The average molecular weight is 750 g/mol. The van der Waals surface area contributed by atoms with Crippen molar-refractivity contribution in [2.24, 2.45) is 0 Å². The summed E-state index contributed by atoms with van der Waals surface area (Å²) >= 11 is 0. The van der Waals surface area contributed by atoms with Crippen molar-refractivity contribution in [3.05, 3.63) is 0 Å². The van der Waals surface area contributed by atoms with E-state index < -0.39 is 12.1 Å². The van der Waals surface area contributed by atoms with Gasteiger partial charge in [0.15, 0.2) is 0 Å². The van der Waals surface area contributed by atoms with Gasteiger partial charge in [-0.25, -0.2) is 0 Å². The van der Waals surface area contributed by atoms with E-state index in [-0.39, 0.29) is 12.5 Å². The third-order valence-electron chi connectivity index (χ3n) is 11.9. The zero-order valence-corrected chi connectivity index (χ0v) is 36.6. The predicted molar refractivity (Wildman–Crippen MR) is 235 cm³/mol. The molecule has 318 valence electrons. The molecule has 0 aliphatic heterocycles. The number of carbonyl (C=O) groups excluding carboxylic acids is 1. The van der Waals surface area contributed by atoms with Gasteiger partial charge in [-0.1, -0.05) is 271 Å². The van der Waals surface area contributed by atoms with Crippen molar-refractivity contribution in [1.29, 1.82) is 0 Å². The normalized spacial score (nSPS) is 12.8. The molecule has 0 saturated heterocycles. The molecule has 0 bridgehead atoms. The Morgan fingerprint density at radius 2 is 0.604 bits per heavy atom. The maximum absolute atomic E-state index is 12.4. The Morgan fingerprint density at radius 1 is 0.377 bits per heavy atom. The Labute approximate surface area is 334 Å². The number of hydrogen-bond acceptors (Lipinski definition) is 3. The molecule has 0 aliphatic carbocycles. The molecule has 0 fully saturated rings. The van der Waals surface area contributed by atoms with Gasteiger partial charge in [-0.05, 0) is 12.8 Å². The van der Waals surface area contributed by atoms with E-state index in [1.807, 2.05) is 0 Å². The molecule has 1 amide bonds. The van der Waals surface area contributed by atoms with Crippen LogP contribution in [-0.2, 0) is 4.79 Å². The molecule has 0 aromatic rings. The van der Waals surface area contributed by atoms with Crippen LogP contribution in [0.1, 0.15) is 290 Å². The van der Waals surface area contributed by atoms with Crippen molar-refractivity contribution < 1.29 is 15.0 Å². The molecule has 3 N–H and O–H groups in total. The second-order valence-corrected chi connectivity index (χ2v) is 17.3. The van der Waals surface area contributed by atoms with E-state index >= 15 is 0 Å². The summed E-state index contributed by atoms with van der Waals surface area (Å²) in [5.41, 5.74) is 0. The molecule has 0 aliphatic rings. The van der Waals surface area contributed by atoms with E-state index in [1.54, 1.807) is 0 Å². The molecular weight excluding hydrogens is 651 g/mol. The Hall–Kier alpha value is -0.610. The average Bonchev–Trinajstić information content (AvgIpc) is 3.16. The minimum Gasteiger partial charge on any atom is -0.394 e. The Kier molecular flexibility index (Phi) is 45.3. The summed E-state index contributed by atoms with van der Waals surface area (Å²) in [6.45, 7) is 4.39. The van der Waals surface area contributed by atoms with Crippen LogP contribution in [-0.4, -0.2) is 34.9 Å². The van der Waals surface area contributed by atoms with Crippen LogP contribution in [0.4, 0.5) is 0 Å². The molecular formula is C49H99NO3. The molecule has 0 aromatic carbocycles. The van der Waals surface area contributed by atoms with Gasteiger partial charge < -0.3 is 15.5 Å². The first-order valence-corrected chi connectivity index (χ1v) is 24.7. The minimum absolute atomic E-state index is 0.0239. The van der Waals surface area contributed by atoms with Crippen molar-refractivity contribution in [2.75, 3.05) is 6.61 Å². The number of aliphatic hydroxyl groups is 2. The van der Waals surface area contributed by atoms with Crippen molar-refractivity contribution in [3.63, 3.8) is 0 Å². The van der Waals surface area contributed by atoms with Crippen molar-refractivity contribution in [2.45, 2.75) is 302 Å². The van der Waals surface area contributed by atoms with Gasteiger partial charge in [0.2, 0.25) is 5.91 Å². The summed E-state index contributed by atoms with van der Waals surface area (Å²) in [7, 11) is 0. The summed E-state index contributed by atoms with van der Waals surface area (Å²) in [6, 6.07) is -0.530. The van der Waals surface area contributed by atoms with Gasteiger partial charge in [0.25, 0.3) is 0 Å². The van der Waals surface area contributed by atoms with Crippen molar-refractivity contribution >= 4 is 5.91 Å². The van der Waals surface area contributed by atoms with E-state index in [0.717, 1.165) is 25.7 Å². The predicted octanol–water partition coefficient (Wildman–Crippen LogP) is 15.6. The zero-order chi connectivity index (χ0) is 38.6. The topological polar surface area (TPSA) is 69.6 Å². The lowest BCUT2D eigenvalue weighted by Gasteiger charge is -2.22. The fourth-order valence-electron chi connectivity index (χ4n) is 8.07. The Bertz CT molecular complexity index is 685. The van der Waals surface area contributed by atoms with Crippen LogP contribution in [0.3, 0.4) is 0 Å². The monoisotopic (exact) mass is 750 g/mol. The maximum Gasteiger partial charge on any atom is 0.220 e. The summed E-state index contributed by atoms with van der Waals surface area (Å²) < 4.78 is 0. The first-order valence-electron chi connectivity index (χ1n) is 24.7. The molecule has 0 aromatic heterocycles. The largest absolute Gasteiger partial charge is 0.394 e. The number of nitrogens with one attached hydrogen (secondary N) is 1. The quantitative estimate of drug-likeness (QED) is 0.0543. The fraction of sp³-hybridized carbons (Fsp3) is 0.980. The van der Waals surface area contributed by atoms with Gasteiger partial charge in [-0.2, -0.15) is 0 Å². The summed E-state index contributed by atoms with van der Waals surface area (Å²) in [4.78, 5) is 12.4. The van der Waals surface area contributed by atoms with Gasteiger partial charge in [0, 0.05) is 6.42 Å². The molecule has 4 nitrogen and oxygen atoms in total. The smallest absolute Gasteiger partial charge is 0.220 e. The molecule has 0 saturated carbocycles. The SMILES string of the molecule is CCCCCCCCCCCCCCCCCCCCCCCCCCCC(=O)N[C@@H](CO)[C@H](O)CCCCCCCCCCCCCCCCCC. The number of carbonyl (C=O) groups is 1. The third-order valence-corrected chi connectivity index (χ3v) is 11.9. The molecule has 4 heteroatoms. The van der Waals surface area contributed by atoms with Crippen LogP contribution in [0.25, 0.3) is 0 Å². The van der Waals surface area contributed by atoms with Gasteiger partial charge in [0.05, 0.1) is 18.8 Å². The highest BCUT2D eigenvalue weighted by molar-refractivity contribution is 5.76. The second-order valence-electron chi connectivity index (χ2n) is 17.3. The van der Waals surface area contributed by atoms with Gasteiger partial charge in [0.1, 0.15) is 0 Å². The number of unbranched alkanes of at least 4 members (excludes halogenated alkanes) is 39. The van der Waals surface area contributed by atoms with Crippen LogP contribution in [0, 0.1) is 0 Å². The minimum atomic E-state index is -0.653. The van der Waals surface area contributed by atoms with Crippen LogP contribution < -0.4 is 5.32 Å². The van der Waals surface area contributed by atoms with Gasteiger partial charge in [-0.3, -0.25) is 4.79 Å². The van der Waals surface area contributed by atoms with Gasteiger partial charge >= 0.3 is 0 Å². The first kappa shape index (κ1) is 52.4. The molecule has 0 spiro atoms. The van der Waals surface area contributed by atoms with E-state index in [9.17, 15) is 15.0 Å². The highest BCUT2D eigenvalue weighted by atomic mass is 16.3. The van der Waals surface area contributed by atoms with E-state index in [1.165, 1.54) is 238 Å². The number of rotatable bonds is 46. The lowest BCUT2D eigenvalue weighted by Crippen LogP contribution is -2.45. The molecule has 0 radical (unpaired) electrons. The number of aliphatic hydroxyl groups excluding tert-OH is 2. The third kappa shape index (κ3) is 42.4. The first-order chi connectivity index (χ1) is 26.2. The van der Waals surface area contributed by atoms with Crippen LogP contribution in [0.15, 0.2) is 0 Å². The van der Waals surface area contributed by atoms with Gasteiger partial charge in [-0.15, -0.1) is 0 Å². The second kappa shape index (κ2) is 45.8. The highest BCUT2D eigenvalue weighted by Gasteiger charge is 2.20. The van der Waals surface area contributed by atoms with Crippen LogP contribution >= 0.6 is 0 Å². The fourth-order valence-corrected chi connectivity index (χ4v) is 8.07. The molecule has 0 heterocycles. The molecule has 53 heavy (non-hydrogen) atoms. The number of amides is 1. The van der Waals surface area contributed by atoms with Crippen molar-refractivity contribution in [3.8, 4) is 0 Å². The number of hydrogen-bond donors (Lipinski definition) is 3. The molecule has 2 atom stereocenters.